The summed E-state index contributed by atoms with van der Waals surface area (Å²) < 4.78 is 26.8. The number of aryl methyl sites for hydroxylation is 1. The van der Waals surface area contributed by atoms with E-state index in [1.807, 2.05) is 0 Å². The summed E-state index contributed by atoms with van der Waals surface area (Å²) in [5.41, 5.74) is 0. The zero-order valence-corrected chi connectivity index (χ0v) is 12.6. The first-order valence-electron chi connectivity index (χ1n) is 6.60. The van der Waals surface area contributed by atoms with Gasteiger partial charge in [-0.15, -0.1) is 11.6 Å². The second-order valence-electron chi connectivity index (χ2n) is 5.14. The third-order valence-electron chi connectivity index (χ3n) is 3.77. The molecule has 1 saturated carbocycles. The largest absolute Gasteiger partial charge is 0.332 e. The number of H-pyrrole nitrogens is 1. The molecule has 0 amide bonds. The first kappa shape index (κ1) is 14.8. The van der Waals surface area contributed by atoms with Crippen molar-refractivity contribution in [1.29, 1.82) is 0 Å². The lowest BCUT2D eigenvalue weighted by Crippen LogP contribution is -2.35. The van der Waals surface area contributed by atoms with Gasteiger partial charge >= 0.3 is 0 Å². The number of imidazole rings is 1. The van der Waals surface area contributed by atoms with E-state index >= 15 is 0 Å². The van der Waals surface area contributed by atoms with Crippen LogP contribution in [0.5, 0.6) is 0 Å². The number of aromatic nitrogens is 2. The molecule has 2 N–H and O–H groups in total. The normalized spacial score (nSPS) is 24.5. The van der Waals surface area contributed by atoms with Gasteiger partial charge in [0.2, 0.25) is 0 Å². The molecule has 1 aliphatic carbocycles. The average molecular weight is 306 g/mol. The molecule has 2 rings (SSSR count). The van der Waals surface area contributed by atoms with Gasteiger partial charge < -0.3 is 4.98 Å². The number of alkyl halides is 1. The molecule has 108 valence electrons. The highest BCUT2D eigenvalue weighted by Crippen LogP contribution is 2.30. The molecule has 0 spiro atoms. The topological polar surface area (TPSA) is 74.8 Å². The third-order valence-corrected chi connectivity index (χ3v) is 5.50. The van der Waals surface area contributed by atoms with Crippen LogP contribution in [0.4, 0.5) is 0 Å². The highest BCUT2D eigenvalue weighted by molar-refractivity contribution is 7.89. The van der Waals surface area contributed by atoms with Crippen LogP contribution in [-0.2, 0) is 10.0 Å². The lowest BCUT2D eigenvalue weighted by Gasteiger charge is -2.30. The number of sulfonamides is 1. The molecule has 0 bridgehead atoms. The monoisotopic (exact) mass is 305 g/mol. The third kappa shape index (κ3) is 3.70. The molecule has 1 fully saturated rings. The molecule has 0 aromatic carbocycles. The fraction of sp³-hybridized carbons (Fsp3) is 0.750. The molecule has 1 aromatic heterocycles. The van der Waals surface area contributed by atoms with E-state index in [0.29, 0.717) is 30.1 Å². The lowest BCUT2D eigenvalue weighted by molar-refractivity contribution is 0.260. The number of hydrogen-bond acceptors (Lipinski definition) is 3. The summed E-state index contributed by atoms with van der Waals surface area (Å²) in [6.07, 6.45) is 5.84. The highest BCUT2D eigenvalue weighted by Gasteiger charge is 2.26. The number of nitrogens with one attached hydrogen (secondary N) is 2. The minimum atomic E-state index is -3.48. The van der Waals surface area contributed by atoms with Crippen LogP contribution in [0.15, 0.2) is 11.2 Å². The lowest BCUT2D eigenvalue weighted by atomic mass is 9.80. The van der Waals surface area contributed by atoms with Gasteiger partial charge in [0.1, 0.15) is 5.82 Å². The van der Waals surface area contributed by atoms with E-state index in [9.17, 15) is 8.42 Å². The van der Waals surface area contributed by atoms with Crippen molar-refractivity contribution in [2.45, 2.75) is 37.6 Å². The molecule has 0 saturated heterocycles. The molecular formula is C12H20ClN3O2S. The summed E-state index contributed by atoms with van der Waals surface area (Å²) in [7, 11) is -3.48. The first-order valence-corrected chi connectivity index (χ1v) is 8.62. The average Bonchev–Trinajstić information content (AvgIpc) is 2.84. The van der Waals surface area contributed by atoms with Crippen LogP contribution < -0.4 is 4.72 Å². The van der Waals surface area contributed by atoms with Gasteiger partial charge in [0.05, 0.1) is 6.20 Å². The Labute approximate surface area is 119 Å². The molecular weight excluding hydrogens is 286 g/mol. The summed E-state index contributed by atoms with van der Waals surface area (Å²) in [5.74, 6) is 1.96. The number of halogens is 1. The number of nitrogens with zero attached hydrogens (tertiary/aromatic N) is 1. The van der Waals surface area contributed by atoms with Crippen molar-refractivity contribution in [1.82, 2.24) is 14.7 Å². The molecule has 7 heteroatoms. The Bertz CT molecular complexity index is 515. The molecule has 0 radical (unpaired) electrons. The smallest absolute Gasteiger partial charge is 0.257 e. The van der Waals surface area contributed by atoms with Crippen LogP contribution in [0, 0.1) is 18.8 Å². The standard InChI is InChI=1S/C12H20ClN3O2S/c1-9-14-8-12(16-9)19(17,18)15-7-11-5-3-2-4-10(11)6-13/h8,10-11,15H,2-7H2,1H3,(H,14,16). The fourth-order valence-corrected chi connectivity index (χ4v) is 4.05. The van der Waals surface area contributed by atoms with Gasteiger partial charge in [0.25, 0.3) is 10.0 Å². The van der Waals surface area contributed by atoms with E-state index in [0.717, 1.165) is 19.3 Å². The van der Waals surface area contributed by atoms with Gasteiger partial charge in [-0.3, -0.25) is 0 Å². The molecule has 2 unspecified atom stereocenters. The van der Waals surface area contributed by atoms with Crippen molar-refractivity contribution in [3.63, 3.8) is 0 Å². The Balaban J connectivity index is 1.97. The van der Waals surface area contributed by atoms with Gasteiger partial charge in [-0.1, -0.05) is 12.8 Å². The molecule has 5 nitrogen and oxygen atoms in total. The van der Waals surface area contributed by atoms with E-state index in [1.165, 1.54) is 12.6 Å². The van der Waals surface area contributed by atoms with Crippen LogP contribution in [-0.4, -0.2) is 30.8 Å². The van der Waals surface area contributed by atoms with Gasteiger partial charge in [0.15, 0.2) is 5.03 Å². The molecule has 0 aliphatic heterocycles. The van der Waals surface area contributed by atoms with Crippen LogP contribution >= 0.6 is 11.6 Å². The second-order valence-corrected chi connectivity index (χ2v) is 7.19. The Morgan fingerprint density at radius 2 is 2.11 bits per heavy atom. The van der Waals surface area contributed by atoms with E-state index in [-0.39, 0.29) is 5.03 Å². The first-order chi connectivity index (χ1) is 9.03. The van der Waals surface area contributed by atoms with Crippen molar-refractivity contribution in [3.8, 4) is 0 Å². The van der Waals surface area contributed by atoms with Crippen LogP contribution in [0.3, 0.4) is 0 Å². The predicted molar refractivity (Wildman–Crippen MR) is 74.7 cm³/mol. The quantitative estimate of drug-likeness (QED) is 0.818. The fourth-order valence-electron chi connectivity index (χ4n) is 2.59. The molecule has 1 aliphatic rings. The summed E-state index contributed by atoms with van der Waals surface area (Å²) in [6, 6.07) is 0. The summed E-state index contributed by atoms with van der Waals surface area (Å²) in [6.45, 7) is 2.18. The highest BCUT2D eigenvalue weighted by atomic mass is 35.5. The van der Waals surface area contributed by atoms with Crippen LogP contribution in [0.25, 0.3) is 0 Å². The van der Waals surface area contributed by atoms with Crippen molar-refractivity contribution in [2.24, 2.45) is 11.8 Å². The minimum Gasteiger partial charge on any atom is -0.332 e. The molecule has 2 atom stereocenters. The van der Waals surface area contributed by atoms with Crippen molar-refractivity contribution in [3.05, 3.63) is 12.0 Å². The second kappa shape index (κ2) is 6.24. The van der Waals surface area contributed by atoms with Gasteiger partial charge in [0, 0.05) is 12.4 Å². The molecule has 19 heavy (non-hydrogen) atoms. The Hall–Kier alpha value is -0.590. The zero-order valence-electron chi connectivity index (χ0n) is 11.0. The zero-order chi connectivity index (χ0) is 13.9. The van der Waals surface area contributed by atoms with Gasteiger partial charge in [-0.2, -0.15) is 0 Å². The van der Waals surface area contributed by atoms with Crippen LogP contribution in [0.2, 0.25) is 0 Å². The number of hydrogen-bond donors (Lipinski definition) is 2. The van der Waals surface area contributed by atoms with E-state index < -0.39 is 10.0 Å². The summed E-state index contributed by atoms with van der Waals surface area (Å²) in [4.78, 5) is 6.65. The number of rotatable bonds is 5. The SMILES string of the molecule is Cc1ncc(S(=O)(=O)NCC2CCCCC2CCl)[nH]1. The van der Waals surface area contributed by atoms with E-state index in [4.69, 9.17) is 11.6 Å². The van der Waals surface area contributed by atoms with Crippen LogP contribution in [0.1, 0.15) is 31.5 Å². The summed E-state index contributed by atoms with van der Waals surface area (Å²) >= 11 is 5.95. The van der Waals surface area contributed by atoms with Gasteiger partial charge in [-0.05, 0) is 31.6 Å². The molecule has 1 aromatic rings. The maximum Gasteiger partial charge on any atom is 0.257 e. The Kier molecular flexibility index (Phi) is 4.86. The number of aromatic amines is 1. The Morgan fingerprint density at radius 3 is 2.68 bits per heavy atom. The van der Waals surface area contributed by atoms with E-state index in [1.54, 1.807) is 6.92 Å². The summed E-state index contributed by atoms with van der Waals surface area (Å²) in [5, 5.41) is 0.128. The Morgan fingerprint density at radius 1 is 1.42 bits per heavy atom. The maximum atomic E-state index is 12.1. The maximum absolute atomic E-state index is 12.1. The minimum absolute atomic E-state index is 0.128. The van der Waals surface area contributed by atoms with E-state index in [2.05, 4.69) is 14.7 Å². The van der Waals surface area contributed by atoms with Crippen molar-refractivity contribution < 1.29 is 8.42 Å². The molecule has 1 heterocycles. The van der Waals surface area contributed by atoms with Crippen molar-refractivity contribution in [2.75, 3.05) is 12.4 Å². The predicted octanol–water partition coefficient (Wildman–Crippen LogP) is 2.04. The van der Waals surface area contributed by atoms with Gasteiger partial charge in [-0.25, -0.2) is 18.1 Å². The van der Waals surface area contributed by atoms with Crippen molar-refractivity contribution >= 4 is 21.6 Å².